The van der Waals surface area contributed by atoms with Gasteiger partial charge in [-0.15, -0.1) is 0 Å². The number of nitrogens with zero attached hydrogens (tertiary/aromatic N) is 4. The van der Waals surface area contributed by atoms with E-state index in [1.54, 1.807) is 4.57 Å². The van der Waals surface area contributed by atoms with Gasteiger partial charge in [-0.3, -0.25) is 9.13 Å². The number of ether oxygens (including phenoxy) is 3. The van der Waals surface area contributed by atoms with E-state index in [1.165, 1.54) is 26.9 Å². The number of aromatic nitrogens is 4. The van der Waals surface area contributed by atoms with Crippen LogP contribution in [0.2, 0.25) is 0 Å². The second-order valence-corrected chi connectivity index (χ2v) is 7.50. The van der Waals surface area contributed by atoms with Gasteiger partial charge >= 0.3 is 7.60 Å². The van der Waals surface area contributed by atoms with Crippen molar-refractivity contribution in [2.75, 3.05) is 26.1 Å². The van der Waals surface area contributed by atoms with Gasteiger partial charge in [0, 0.05) is 14.2 Å². The lowest BCUT2D eigenvalue weighted by atomic mass is 10.1. The topological polar surface area (TPSA) is 155 Å². The Bertz CT molecular complexity index is 794. The van der Waals surface area contributed by atoms with Crippen LogP contribution in [0.25, 0.3) is 11.2 Å². The van der Waals surface area contributed by atoms with Crippen LogP contribution in [0.15, 0.2) is 12.7 Å². The summed E-state index contributed by atoms with van der Waals surface area (Å²) in [6.45, 7) is 0. The number of fused-ring (bicyclic) bond motifs is 1. The Morgan fingerprint density at radius 1 is 1.28 bits per heavy atom. The number of anilines is 1. The fraction of sp³-hybridized carbons (Fsp3) is 0.615. The van der Waals surface area contributed by atoms with Gasteiger partial charge < -0.3 is 29.7 Å². The third kappa shape index (κ3) is 3.52. The maximum Gasteiger partial charge on any atom is 0.325 e. The van der Waals surface area contributed by atoms with E-state index in [2.05, 4.69) is 15.0 Å². The molecule has 0 aliphatic carbocycles. The second-order valence-electron chi connectivity index (χ2n) is 5.73. The second kappa shape index (κ2) is 6.94. The van der Waals surface area contributed by atoms with Crippen LogP contribution in [0.1, 0.15) is 12.6 Å². The van der Waals surface area contributed by atoms with Crippen molar-refractivity contribution in [3.05, 3.63) is 12.7 Å². The molecule has 0 unspecified atom stereocenters. The van der Waals surface area contributed by atoms with Crippen LogP contribution in [0.3, 0.4) is 0 Å². The smallest absolute Gasteiger partial charge is 0.325 e. The molecule has 25 heavy (non-hydrogen) atoms. The average Bonchev–Trinajstić information content (AvgIpc) is 3.13. The van der Waals surface area contributed by atoms with Gasteiger partial charge in [-0.05, 0) is 6.42 Å². The minimum absolute atomic E-state index is 0.128. The molecule has 0 bridgehead atoms. The Hall–Kier alpha value is -1.62. The van der Waals surface area contributed by atoms with E-state index in [0.29, 0.717) is 11.2 Å². The molecule has 3 heterocycles. The van der Waals surface area contributed by atoms with Crippen LogP contribution in [0.4, 0.5) is 5.82 Å². The number of nitrogen functional groups attached to an aromatic ring is 1. The van der Waals surface area contributed by atoms with Crippen molar-refractivity contribution in [1.29, 1.82) is 0 Å². The normalized spacial score (nSPS) is 27.2. The van der Waals surface area contributed by atoms with Crippen LogP contribution < -0.4 is 5.73 Å². The summed E-state index contributed by atoms with van der Waals surface area (Å²) in [7, 11) is -1.13. The van der Waals surface area contributed by atoms with Crippen molar-refractivity contribution in [3.63, 3.8) is 0 Å². The molecule has 0 saturated carbocycles. The van der Waals surface area contributed by atoms with E-state index in [0.717, 1.165) is 0 Å². The minimum Gasteiger partial charge on any atom is -0.382 e. The summed E-state index contributed by atoms with van der Waals surface area (Å²) in [5.41, 5.74) is 6.72. The van der Waals surface area contributed by atoms with E-state index in [4.69, 9.17) is 29.7 Å². The van der Waals surface area contributed by atoms with Crippen molar-refractivity contribution in [2.24, 2.45) is 0 Å². The molecule has 2 aromatic rings. The van der Waals surface area contributed by atoms with Gasteiger partial charge in [-0.2, -0.15) is 0 Å². The van der Waals surface area contributed by atoms with Crippen molar-refractivity contribution < 1.29 is 28.6 Å². The molecule has 2 aromatic heterocycles. The monoisotopic (exact) mass is 373 g/mol. The van der Waals surface area contributed by atoms with Gasteiger partial charge in [0.05, 0.1) is 18.6 Å². The molecule has 1 aliphatic heterocycles. The lowest BCUT2D eigenvalue weighted by molar-refractivity contribution is -0.0517. The van der Waals surface area contributed by atoms with Crippen LogP contribution in [0, 0.1) is 0 Å². The van der Waals surface area contributed by atoms with Crippen LogP contribution in [-0.4, -0.2) is 68.0 Å². The van der Waals surface area contributed by atoms with Crippen molar-refractivity contribution >= 4 is 24.6 Å². The van der Waals surface area contributed by atoms with Crippen LogP contribution in [0.5, 0.6) is 0 Å². The first-order valence-electron chi connectivity index (χ1n) is 7.54. The van der Waals surface area contributed by atoms with Crippen molar-refractivity contribution in [1.82, 2.24) is 19.5 Å². The molecular formula is C13H20N5O6P. The fourth-order valence-corrected chi connectivity index (χ4v) is 3.64. The SMILES string of the molecule is CO[C@@H]1[C@H](OC)[C@@H](CCP(=O)(O)O)O[C@H]1n1cnc2c(N)ncnc21. The summed E-state index contributed by atoms with van der Waals surface area (Å²) in [6, 6.07) is 0. The van der Waals surface area contributed by atoms with Gasteiger partial charge in [0.15, 0.2) is 17.7 Å². The Balaban J connectivity index is 1.92. The molecule has 138 valence electrons. The molecule has 1 aliphatic rings. The predicted octanol–water partition coefficient (Wildman–Crippen LogP) is -0.0963. The molecule has 1 fully saturated rings. The van der Waals surface area contributed by atoms with E-state index >= 15 is 0 Å². The van der Waals surface area contributed by atoms with Crippen molar-refractivity contribution in [2.45, 2.75) is 31.0 Å². The molecule has 12 heteroatoms. The number of rotatable bonds is 6. The van der Waals surface area contributed by atoms with Crippen LogP contribution in [-0.2, 0) is 18.8 Å². The summed E-state index contributed by atoms with van der Waals surface area (Å²) in [6.07, 6.45) is 0.471. The molecule has 0 radical (unpaired) electrons. The molecule has 3 rings (SSSR count). The molecule has 4 N–H and O–H groups in total. The standard InChI is InChI=1S/C13H20N5O6P/c1-22-9-7(3-4-25(19,20)21)24-13(10(9)23-2)18-6-17-8-11(14)15-5-16-12(8)18/h5-7,9-10,13H,3-4H2,1-2H3,(H2,14,15,16)(H2,19,20,21)/t7-,9-,10-,13-/m1/s1. The first kappa shape index (κ1) is 18.2. The van der Waals surface area contributed by atoms with Gasteiger partial charge in [-0.1, -0.05) is 0 Å². The van der Waals surface area contributed by atoms with Gasteiger partial charge in [-0.25, -0.2) is 15.0 Å². The highest BCUT2D eigenvalue weighted by molar-refractivity contribution is 7.51. The van der Waals surface area contributed by atoms with E-state index in [1.807, 2.05) is 0 Å². The number of hydrogen-bond donors (Lipinski definition) is 3. The van der Waals surface area contributed by atoms with E-state index < -0.39 is 32.1 Å². The van der Waals surface area contributed by atoms with E-state index in [-0.39, 0.29) is 18.4 Å². The van der Waals surface area contributed by atoms with Crippen LogP contribution >= 0.6 is 7.60 Å². The summed E-state index contributed by atoms with van der Waals surface area (Å²) in [4.78, 5) is 30.5. The highest BCUT2D eigenvalue weighted by Gasteiger charge is 2.47. The Morgan fingerprint density at radius 3 is 2.64 bits per heavy atom. The molecule has 0 amide bonds. The summed E-state index contributed by atoms with van der Waals surface area (Å²) in [5.74, 6) is 0.247. The van der Waals surface area contributed by atoms with Gasteiger partial charge in [0.25, 0.3) is 0 Å². The first-order chi connectivity index (χ1) is 11.9. The zero-order valence-electron chi connectivity index (χ0n) is 13.7. The molecule has 0 spiro atoms. The summed E-state index contributed by atoms with van der Waals surface area (Å²) in [5, 5.41) is 0. The molecule has 11 nitrogen and oxygen atoms in total. The highest BCUT2D eigenvalue weighted by atomic mass is 31.2. The largest absolute Gasteiger partial charge is 0.382 e. The third-order valence-corrected chi connectivity index (χ3v) is 5.04. The van der Waals surface area contributed by atoms with Gasteiger partial charge in [0.1, 0.15) is 24.1 Å². The number of nitrogens with two attached hydrogens (primary N) is 1. The first-order valence-corrected chi connectivity index (χ1v) is 9.34. The highest BCUT2D eigenvalue weighted by Crippen LogP contribution is 2.41. The summed E-state index contributed by atoms with van der Waals surface area (Å²) < 4.78 is 29.8. The maximum absolute atomic E-state index is 11.2. The number of imidazole rings is 1. The lowest BCUT2D eigenvalue weighted by Crippen LogP contribution is -2.35. The molecule has 0 aromatic carbocycles. The fourth-order valence-electron chi connectivity index (χ4n) is 3.05. The quantitative estimate of drug-likeness (QED) is 0.585. The molecular weight excluding hydrogens is 353 g/mol. The zero-order chi connectivity index (χ0) is 18.2. The predicted molar refractivity (Wildman–Crippen MR) is 86.8 cm³/mol. The summed E-state index contributed by atoms with van der Waals surface area (Å²) >= 11 is 0. The molecule has 4 atom stereocenters. The number of methoxy groups -OCH3 is 2. The third-order valence-electron chi connectivity index (χ3n) is 4.20. The minimum atomic E-state index is -4.14. The maximum atomic E-state index is 11.2. The zero-order valence-corrected chi connectivity index (χ0v) is 14.6. The Labute approximate surface area is 143 Å². The molecule has 1 saturated heterocycles. The van der Waals surface area contributed by atoms with Gasteiger partial charge in [0.2, 0.25) is 0 Å². The Kier molecular flexibility index (Phi) is 5.05. The van der Waals surface area contributed by atoms with E-state index in [9.17, 15) is 4.57 Å². The lowest BCUT2D eigenvalue weighted by Gasteiger charge is -2.22. The number of hydrogen-bond acceptors (Lipinski definition) is 8. The van der Waals surface area contributed by atoms with Crippen molar-refractivity contribution in [3.8, 4) is 0 Å². The Morgan fingerprint density at radius 2 is 2.00 bits per heavy atom. The average molecular weight is 373 g/mol.